The van der Waals surface area contributed by atoms with Crippen molar-refractivity contribution in [2.24, 2.45) is 0 Å². The third kappa shape index (κ3) is 5.18. The zero-order valence-electron chi connectivity index (χ0n) is 13.9. The van der Waals surface area contributed by atoms with Crippen LogP contribution in [0.15, 0.2) is 79.1 Å². The Bertz CT molecular complexity index is 804. The van der Waals surface area contributed by atoms with Gasteiger partial charge in [0.2, 0.25) is 0 Å². The molecule has 0 spiro atoms. The Morgan fingerprint density at radius 1 is 1.00 bits per heavy atom. The average molecular weight is 332 g/mol. The number of aryl methyl sites for hydroxylation is 1. The van der Waals surface area contributed by atoms with Gasteiger partial charge in [-0.15, -0.1) is 0 Å². The number of hydrogen-bond donors (Lipinski definition) is 1. The van der Waals surface area contributed by atoms with Crippen LogP contribution >= 0.6 is 0 Å². The molecule has 0 saturated carbocycles. The lowest BCUT2D eigenvalue weighted by Gasteiger charge is -2.09. The van der Waals surface area contributed by atoms with E-state index in [-0.39, 0.29) is 5.91 Å². The minimum atomic E-state index is -0.186. The van der Waals surface area contributed by atoms with Crippen LogP contribution in [0.25, 0.3) is 0 Å². The largest absolute Gasteiger partial charge is 0.494 e. The molecule has 3 aromatic rings. The Labute approximate surface area is 147 Å². The van der Waals surface area contributed by atoms with Crippen LogP contribution in [0.3, 0.4) is 0 Å². The van der Waals surface area contributed by atoms with Gasteiger partial charge in [-0.1, -0.05) is 36.4 Å². The number of carbonyl (C=O) groups is 1. The topological polar surface area (TPSA) is 51.2 Å². The van der Waals surface area contributed by atoms with Crippen molar-refractivity contribution in [1.29, 1.82) is 0 Å². The first-order valence-electron chi connectivity index (χ1n) is 8.29. The van der Waals surface area contributed by atoms with Crippen LogP contribution < -0.4 is 10.1 Å². The summed E-state index contributed by atoms with van der Waals surface area (Å²) in [4.78, 5) is 16.1. The van der Waals surface area contributed by atoms with Crippen LogP contribution in [0.4, 0.5) is 5.69 Å². The number of amides is 1. The molecule has 3 rings (SSSR count). The molecule has 0 bridgehead atoms. The van der Waals surface area contributed by atoms with Crippen LogP contribution in [0.1, 0.15) is 22.3 Å². The molecule has 0 aliphatic carbocycles. The van der Waals surface area contributed by atoms with Gasteiger partial charge in [0.1, 0.15) is 5.75 Å². The molecular weight excluding hydrogens is 312 g/mol. The molecule has 1 heterocycles. The van der Waals surface area contributed by atoms with Crippen molar-refractivity contribution in [3.8, 4) is 5.75 Å². The highest BCUT2D eigenvalue weighted by Gasteiger charge is 2.06. The molecule has 0 atom stereocenters. The quantitative estimate of drug-likeness (QED) is 0.655. The second-order valence-electron chi connectivity index (χ2n) is 5.66. The molecule has 4 nitrogen and oxygen atoms in total. The zero-order valence-corrected chi connectivity index (χ0v) is 13.9. The summed E-state index contributed by atoms with van der Waals surface area (Å²) in [6.07, 6.45) is 5.11. The lowest BCUT2D eigenvalue weighted by molar-refractivity contribution is 0.102. The SMILES string of the molecule is O=C(Nc1cccc(OCCCc2ccccc2)c1)c1cccnc1. The minimum Gasteiger partial charge on any atom is -0.494 e. The summed E-state index contributed by atoms with van der Waals surface area (Å²) >= 11 is 0. The van der Waals surface area contributed by atoms with Gasteiger partial charge < -0.3 is 10.1 Å². The first kappa shape index (κ1) is 16.7. The standard InChI is InChI=1S/C21H20N2O2/c24-21(18-10-5-13-22-16-18)23-19-11-4-12-20(15-19)25-14-6-9-17-7-2-1-3-8-17/h1-5,7-8,10-13,15-16H,6,9,14H2,(H,23,24). The molecule has 4 heteroatoms. The molecule has 126 valence electrons. The molecule has 2 aromatic carbocycles. The van der Waals surface area contributed by atoms with Crippen molar-refractivity contribution >= 4 is 11.6 Å². The van der Waals surface area contributed by atoms with Gasteiger partial charge in [-0.05, 0) is 42.7 Å². The van der Waals surface area contributed by atoms with E-state index in [2.05, 4.69) is 22.4 Å². The van der Waals surface area contributed by atoms with Crippen molar-refractivity contribution in [3.05, 3.63) is 90.3 Å². The lowest BCUT2D eigenvalue weighted by atomic mass is 10.1. The van der Waals surface area contributed by atoms with Gasteiger partial charge in [0.15, 0.2) is 0 Å². The van der Waals surface area contributed by atoms with Crippen molar-refractivity contribution in [2.45, 2.75) is 12.8 Å². The number of carbonyl (C=O) groups excluding carboxylic acids is 1. The predicted octanol–water partition coefficient (Wildman–Crippen LogP) is 4.35. The molecule has 0 saturated heterocycles. The summed E-state index contributed by atoms with van der Waals surface area (Å²) in [5.74, 6) is 0.561. The van der Waals surface area contributed by atoms with Crippen LogP contribution in [-0.2, 0) is 6.42 Å². The van der Waals surface area contributed by atoms with E-state index >= 15 is 0 Å². The van der Waals surface area contributed by atoms with Crippen LogP contribution in [0.2, 0.25) is 0 Å². The van der Waals surface area contributed by atoms with Crippen LogP contribution in [0.5, 0.6) is 5.75 Å². The lowest BCUT2D eigenvalue weighted by Crippen LogP contribution is -2.12. The maximum absolute atomic E-state index is 12.2. The summed E-state index contributed by atoms with van der Waals surface area (Å²) < 4.78 is 5.79. The smallest absolute Gasteiger partial charge is 0.257 e. The van der Waals surface area contributed by atoms with E-state index in [1.54, 1.807) is 24.5 Å². The van der Waals surface area contributed by atoms with Gasteiger partial charge in [-0.2, -0.15) is 0 Å². The van der Waals surface area contributed by atoms with Crippen molar-refractivity contribution in [1.82, 2.24) is 4.98 Å². The number of aromatic nitrogens is 1. The van der Waals surface area contributed by atoms with Crippen LogP contribution in [0, 0.1) is 0 Å². The highest BCUT2D eigenvalue weighted by molar-refractivity contribution is 6.04. The number of nitrogens with one attached hydrogen (secondary N) is 1. The van der Waals surface area contributed by atoms with Gasteiger partial charge in [0, 0.05) is 24.1 Å². The molecule has 1 aromatic heterocycles. The molecule has 0 unspecified atom stereocenters. The fraction of sp³-hybridized carbons (Fsp3) is 0.143. The summed E-state index contributed by atoms with van der Waals surface area (Å²) in [6.45, 7) is 0.634. The van der Waals surface area contributed by atoms with Gasteiger partial charge in [0.05, 0.1) is 12.2 Å². The predicted molar refractivity (Wildman–Crippen MR) is 98.9 cm³/mol. The summed E-state index contributed by atoms with van der Waals surface area (Å²) in [5.41, 5.74) is 2.54. The maximum Gasteiger partial charge on any atom is 0.257 e. The van der Waals surface area contributed by atoms with E-state index in [4.69, 9.17) is 4.74 Å². The molecule has 0 aliphatic rings. The third-order valence-electron chi connectivity index (χ3n) is 3.74. The number of pyridine rings is 1. The fourth-order valence-corrected chi connectivity index (χ4v) is 2.47. The van der Waals surface area contributed by atoms with E-state index < -0.39 is 0 Å². The first-order chi connectivity index (χ1) is 12.3. The number of benzene rings is 2. The molecule has 0 fully saturated rings. The van der Waals surface area contributed by atoms with E-state index in [1.807, 2.05) is 42.5 Å². The second-order valence-corrected chi connectivity index (χ2v) is 5.66. The van der Waals surface area contributed by atoms with Gasteiger partial charge in [0.25, 0.3) is 5.91 Å². The Morgan fingerprint density at radius 2 is 1.88 bits per heavy atom. The van der Waals surface area contributed by atoms with E-state index in [1.165, 1.54) is 5.56 Å². The Kier molecular flexibility index (Phi) is 5.77. The third-order valence-corrected chi connectivity index (χ3v) is 3.74. The Balaban J connectivity index is 1.50. The normalized spacial score (nSPS) is 10.2. The summed E-state index contributed by atoms with van der Waals surface area (Å²) in [5, 5.41) is 2.86. The van der Waals surface area contributed by atoms with Gasteiger partial charge >= 0.3 is 0 Å². The minimum absolute atomic E-state index is 0.186. The Hall–Kier alpha value is -3.14. The fourth-order valence-electron chi connectivity index (χ4n) is 2.47. The highest BCUT2D eigenvalue weighted by Crippen LogP contribution is 2.18. The molecule has 1 amide bonds. The van der Waals surface area contributed by atoms with E-state index in [0.29, 0.717) is 17.9 Å². The number of anilines is 1. The van der Waals surface area contributed by atoms with Gasteiger partial charge in [-0.3, -0.25) is 9.78 Å². The average Bonchev–Trinajstić information content (AvgIpc) is 2.67. The number of ether oxygens (including phenoxy) is 1. The van der Waals surface area contributed by atoms with E-state index in [9.17, 15) is 4.79 Å². The van der Waals surface area contributed by atoms with E-state index in [0.717, 1.165) is 18.6 Å². The number of nitrogens with zero attached hydrogens (tertiary/aromatic N) is 1. The molecule has 0 aliphatic heterocycles. The maximum atomic E-state index is 12.2. The summed E-state index contributed by atoms with van der Waals surface area (Å²) in [7, 11) is 0. The highest BCUT2D eigenvalue weighted by atomic mass is 16.5. The molecule has 0 radical (unpaired) electrons. The molecule has 1 N–H and O–H groups in total. The van der Waals surface area contributed by atoms with Crippen molar-refractivity contribution < 1.29 is 9.53 Å². The summed E-state index contributed by atoms with van der Waals surface area (Å²) in [6, 6.07) is 21.2. The second kappa shape index (κ2) is 8.64. The number of hydrogen-bond acceptors (Lipinski definition) is 3. The first-order valence-corrected chi connectivity index (χ1v) is 8.29. The van der Waals surface area contributed by atoms with Crippen molar-refractivity contribution in [3.63, 3.8) is 0 Å². The Morgan fingerprint density at radius 3 is 2.68 bits per heavy atom. The van der Waals surface area contributed by atoms with Crippen LogP contribution in [-0.4, -0.2) is 17.5 Å². The number of rotatable bonds is 7. The monoisotopic (exact) mass is 332 g/mol. The van der Waals surface area contributed by atoms with Gasteiger partial charge in [-0.25, -0.2) is 0 Å². The van der Waals surface area contributed by atoms with Crippen molar-refractivity contribution in [2.75, 3.05) is 11.9 Å². The molecule has 25 heavy (non-hydrogen) atoms. The zero-order chi connectivity index (χ0) is 17.3. The molecular formula is C21H20N2O2.